The van der Waals surface area contributed by atoms with Gasteiger partial charge in [-0.3, -0.25) is 0 Å². The molecule has 1 aliphatic rings. The molecule has 0 spiro atoms. The number of fused-ring (bicyclic) bond motifs is 1. The zero-order valence-electron chi connectivity index (χ0n) is 29.5. The molecule has 3 atom stereocenters. The topological polar surface area (TPSA) is 36.9 Å². The largest absolute Gasteiger partial charge is 0.627 e. The van der Waals surface area contributed by atoms with E-state index in [2.05, 4.69) is 142 Å². The standard InChI is InChI=1S/C38H55BO4Si2/c1-29(26-31(3)42-44(10,11)37(4,5)6)27-32(28-30(2)39-40-35-24-18-19-25-36(35)41-39)43-45(38(7,8)9,33-20-14-12-15-21-33)34-22-16-13-17-23-34/h12-25,28-29,31-32H,26-27H2,1-11H3/b30-28+/t29-,31+,32?/m1/s1. The Labute approximate surface area is 276 Å². The van der Waals surface area contributed by atoms with Crippen LogP contribution in [0.15, 0.2) is 96.5 Å². The van der Waals surface area contributed by atoms with Crippen LogP contribution in [-0.4, -0.2) is 36.0 Å². The maximum absolute atomic E-state index is 7.71. The van der Waals surface area contributed by atoms with E-state index in [0.29, 0.717) is 5.92 Å². The summed E-state index contributed by atoms with van der Waals surface area (Å²) in [7, 11) is -5.14. The highest BCUT2D eigenvalue weighted by atomic mass is 28.4. The average molecular weight is 643 g/mol. The normalized spacial score (nSPS) is 16.4. The van der Waals surface area contributed by atoms with Gasteiger partial charge >= 0.3 is 7.12 Å². The van der Waals surface area contributed by atoms with Crippen molar-refractivity contribution in [1.82, 2.24) is 0 Å². The van der Waals surface area contributed by atoms with Crippen molar-refractivity contribution in [2.45, 2.75) is 111 Å². The van der Waals surface area contributed by atoms with E-state index < -0.39 is 23.8 Å². The van der Waals surface area contributed by atoms with E-state index in [1.54, 1.807) is 0 Å². The van der Waals surface area contributed by atoms with Crippen LogP contribution < -0.4 is 19.7 Å². The lowest BCUT2D eigenvalue weighted by Gasteiger charge is -2.45. The number of para-hydroxylation sites is 2. The van der Waals surface area contributed by atoms with Gasteiger partial charge in [-0.1, -0.05) is 127 Å². The summed E-state index contributed by atoms with van der Waals surface area (Å²) in [5.74, 6) is 1.94. The first kappa shape index (κ1) is 35.3. The van der Waals surface area contributed by atoms with E-state index in [1.165, 1.54) is 10.4 Å². The highest BCUT2D eigenvalue weighted by Crippen LogP contribution is 2.41. The van der Waals surface area contributed by atoms with Gasteiger partial charge in [-0.25, -0.2) is 0 Å². The number of hydrogen-bond donors (Lipinski definition) is 0. The summed E-state index contributed by atoms with van der Waals surface area (Å²) in [6.45, 7) is 25.3. The predicted molar refractivity (Wildman–Crippen MR) is 196 cm³/mol. The Morgan fingerprint density at radius 2 is 1.18 bits per heavy atom. The third-order valence-electron chi connectivity index (χ3n) is 9.55. The smallest absolute Gasteiger partial charge is 0.519 e. The minimum Gasteiger partial charge on any atom is -0.519 e. The molecule has 0 saturated carbocycles. The number of allylic oxidation sites excluding steroid dienone is 1. The Morgan fingerprint density at radius 3 is 1.62 bits per heavy atom. The lowest BCUT2D eigenvalue weighted by Crippen LogP contribution is -2.67. The van der Waals surface area contributed by atoms with Crippen molar-refractivity contribution < 1.29 is 18.2 Å². The molecular formula is C38H55BO4Si2. The second-order valence-corrected chi connectivity index (χ2v) is 24.5. The van der Waals surface area contributed by atoms with Gasteiger partial charge in [0.1, 0.15) is 11.5 Å². The summed E-state index contributed by atoms with van der Waals surface area (Å²) in [6, 6.07) is 29.7. The highest BCUT2D eigenvalue weighted by Gasteiger charge is 2.51. The molecule has 242 valence electrons. The lowest BCUT2D eigenvalue weighted by atomic mass is 9.78. The van der Waals surface area contributed by atoms with Crippen molar-refractivity contribution in [3.63, 3.8) is 0 Å². The van der Waals surface area contributed by atoms with E-state index in [4.69, 9.17) is 18.2 Å². The van der Waals surface area contributed by atoms with E-state index in [9.17, 15) is 0 Å². The van der Waals surface area contributed by atoms with Crippen LogP contribution in [0, 0.1) is 5.92 Å². The number of hydrogen-bond acceptors (Lipinski definition) is 4. The molecule has 0 radical (unpaired) electrons. The molecule has 3 aromatic carbocycles. The SMILES string of the molecule is C/C(=C\C(C[C@H](C)C[C@H](C)O[Si](C)(C)C(C)(C)C)O[Si](c1ccccc1)(c1ccccc1)C(C)(C)C)B1Oc2ccccc2O1. The lowest BCUT2D eigenvalue weighted by molar-refractivity contribution is 0.145. The molecule has 45 heavy (non-hydrogen) atoms. The van der Waals surface area contributed by atoms with Crippen molar-refractivity contribution in [3.05, 3.63) is 96.5 Å². The third-order valence-corrected chi connectivity index (χ3v) is 19.2. The van der Waals surface area contributed by atoms with Crippen LogP contribution in [0.2, 0.25) is 23.2 Å². The molecule has 0 bridgehead atoms. The van der Waals surface area contributed by atoms with Crippen molar-refractivity contribution in [3.8, 4) is 11.5 Å². The second kappa shape index (κ2) is 14.0. The second-order valence-electron chi connectivity index (χ2n) is 15.5. The third kappa shape index (κ3) is 8.23. The summed E-state index contributed by atoms with van der Waals surface area (Å²) in [5, 5.41) is 2.61. The van der Waals surface area contributed by atoms with Crippen molar-refractivity contribution in [2.24, 2.45) is 5.92 Å². The van der Waals surface area contributed by atoms with Crippen molar-refractivity contribution in [1.29, 1.82) is 0 Å². The monoisotopic (exact) mass is 642 g/mol. The van der Waals surface area contributed by atoms with Gasteiger partial charge in [0.2, 0.25) is 0 Å². The van der Waals surface area contributed by atoms with Crippen LogP contribution in [-0.2, 0) is 8.85 Å². The zero-order valence-corrected chi connectivity index (χ0v) is 31.5. The molecule has 1 heterocycles. The number of benzene rings is 3. The van der Waals surface area contributed by atoms with Crippen LogP contribution in [0.1, 0.15) is 75.2 Å². The molecule has 1 aliphatic heterocycles. The summed E-state index contributed by atoms with van der Waals surface area (Å²) in [6.07, 6.45) is 4.14. The molecule has 0 N–H and O–H groups in total. The summed E-state index contributed by atoms with van der Waals surface area (Å²) in [4.78, 5) is 0. The van der Waals surface area contributed by atoms with Gasteiger partial charge in [0.05, 0.1) is 6.10 Å². The summed E-state index contributed by atoms with van der Waals surface area (Å²) < 4.78 is 27.0. The Kier molecular flexibility index (Phi) is 11.0. The van der Waals surface area contributed by atoms with Crippen LogP contribution in [0.5, 0.6) is 11.5 Å². The molecule has 0 aromatic heterocycles. The van der Waals surface area contributed by atoms with Gasteiger partial charge in [-0.2, -0.15) is 0 Å². The summed E-state index contributed by atoms with van der Waals surface area (Å²) in [5.41, 5.74) is 1.02. The fourth-order valence-corrected chi connectivity index (χ4v) is 12.4. The van der Waals surface area contributed by atoms with Crippen LogP contribution in [0.25, 0.3) is 0 Å². The average Bonchev–Trinajstić information content (AvgIpc) is 3.40. The Bertz CT molecular complexity index is 1350. The fraction of sp³-hybridized carbons (Fsp3) is 0.474. The molecule has 0 saturated heterocycles. The highest BCUT2D eigenvalue weighted by molar-refractivity contribution is 6.99. The summed E-state index contributed by atoms with van der Waals surface area (Å²) >= 11 is 0. The van der Waals surface area contributed by atoms with Crippen molar-refractivity contribution in [2.75, 3.05) is 0 Å². The Hall–Kier alpha value is -2.58. The maximum Gasteiger partial charge on any atom is 0.627 e. The van der Waals surface area contributed by atoms with Gasteiger partial charge in [0, 0.05) is 6.10 Å². The Morgan fingerprint density at radius 1 is 0.711 bits per heavy atom. The van der Waals surface area contributed by atoms with Crippen LogP contribution >= 0.6 is 0 Å². The number of rotatable bonds is 12. The maximum atomic E-state index is 7.71. The molecule has 3 aromatic rings. The Balaban J connectivity index is 1.71. The minimum atomic E-state index is -2.80. The van der Waals surface area contributed by atoms with Crippen molar-refractivity contribution >= 4 is 34.1 Å². The molecule has 0 fully saturated rings. The molecule has 7 heteroatoms. The molecule has 4 rings (SSSR count). The van der Waals surface area contributed by atoms with E-state index in [-0.39, 0.29) is 22.3 Å². The molecule has 1 unspecified atom stereocenters. The predicted octanol–water partition coefficient (Wildman–Crippen LogP) is 9.20. The van der Waals surface area contributed by atoms with Gasteiger partial charge in [-0.05, 0) is 83.8 Å². The first-order valence-electron chi connectivity index (χ1n) is 16.6. The van der Waals surface area contributed by atoms with E-state index in [1.807, 2.05) is 24.3 Å². The quantitative estimate of drug-likeness (QED) is 0.185. The zero-order chi connectivity index (χ0) is 33.0. The molecular weight excluding hydrogens is 587 g/mol. The molecule has 0 amide bonds. The van der Waals surface area contributed by atoms with Gasteiger partial charge in [0.15, 0.2) is 8.32 Å². The fourth-order valence-electron chi connectivity index (χ4n) is 6.31. The van der Waals surface area contributed by atoms with Gasteiger partial charge in [0.25, 0.3) is 8.32 Å². The van der Waals surface area contributed by atoms with E-state index in [0.717, 1.165) is 29.8 Å². The van der Waals surface area contributed by atoms with E-state index >= 15 is 0 Å². The van der Waals surface area contributed by atoms with Gasteiger partial charge in [-0.15, -0.1) is 0 Å². The van der Waals surface area contributed by atoms with Gasteiger partial charge < -0.3 is 18.2 Å². The first-order chi connectivity index (χ1) is 21.0. The molecule has 0 aliphatic carbocycles. The van der Waals surface area contributed by atoms with Crippen LogP contribution in [0.4, 0.5) is 0 Å². The minimum absolute atomic E-state index is 0.131. The van der Waals surface area contributed by atoms with Crippen LogP contribution in [0.3, 0.4) is 0 Å². The first-order valence-corrected chi connectivity index (χ1v) is 21.4. The molecule has 4 nitrogen and oxygen atoms in total.